The zero-order chi connectivity index (χ0) is 26.6. The molecule has 0 bridgehead atoms. The highest BCUT2D eigenvalue weighted by atomic mass is 19.4. The largest absolute Gasteiger partial charge is 0.423 e. The van der Waals surface area contributed by atoms with Gasteiger partial charge in [-0.1, -0.05) is 0 Å². The van der Waals surface area contributed by atoms with Crippen molar-refractivity contribution in [2.45, 2.75) is 44.4 Å². The molecule has 13 heteroatoms. The highest BCUT2D eigenvalue weighted by Crippen LogP contribution is 2.36. The summed E-state index contributed by atoms with van der Waals surface area (Å²) in [6.07, 6.45) is -0.819. The number of alkyl halides is 3. The number of anilines is 2. The van der Waals surface area contributed by atoms with E-state index in [2.05, 4.69) is 15.0 Å². The molecule has 0 spiro atoms. The highest BCUT2D eigenvalue weighted by molar-refractivity contribution is 5.77. The molecule has 1 unspecified atom stereocenters. The Hall–Kier alpha value is -3.66. The number of nitriles is 1. The summed E-state index contributed by atoms with van der Waals surface area (Å²) in [5.74, 6) is 0.702. The lowest BCUT2D eigenvalue weighted by molar-refractivity contribution is -0.138. The number of halogens is 3. The quantitative estimate of drug-likeness (QED) is 0.553. The van der Waals surface area contributed by atoms with Crippen molar-refractivity contribution in [2.75, 3.05) is 49.2 Å². The first-order valence-electron chi connectivity index (χ1n) is 12.1. The van der Waals surface area contributed by atoms with Gasteiger partial charge in [0.15, 0.2) is 0 Å². The lowest BCUT2D eigenvalue weighted by Crippen LogP contribution is -2.54. The molecule has 0 aliphatic carbocycles. The van der Waals surface area contributed by atoms with E-state index in [4.69, 9.17) is 10.00 Å². The predicted molar refractivity (Wildman–Crippen MR) is 128 cm³/mol. The summed E-state index contributed by atoms with van der Waals surface area (Å²) in [5.41, 5.74) is -2.29. The maximum absolute atomic E-state index is 13.5. The van der Waals surface area contributed by atoms with Gasteiger partial charge in [0.2, 0.25) is 5.91 Å². The minimum Gasteiger partial charge on any atom is -0.379 e. The molecule has 2 aliphatic heterocycles. The predicted octanol–water partition coefficient (Wildman–Crippen LogP) is 2.17. The normalized spacial score (nSPS) is 20.2. The zero-order valence-corrected chi connectivity index (χ0v) is 20.4. The van der Waals surface area contributed by atoms with Crippen LogP contribution in [0.1, 0.15) is 37.3 Å². The van der Waals surface area contributed by atoms with Crippen molar-refractivity contribution < 1.29 is 22.7 Å². The molecule has 0 saturated carbocycles. The average Bonchev–Trinajstić information content (AvgIpc) is 3.34. The Morgan fingerprint density at radius 3 is 2.76 bits per heavy atom. The van der Waals surface area contributed by atoms with Gasteiger partial charge < -0.3 is 19.4 Å². The number of hydrogen-bond donors (Lipinski definition) is 1. The van der Waals surface area contributed by atoms with Crippen LogP contribution in [0, 0.1) is 11.3 Å². The molecule has 4 heterocycles. The van der Waals surface area contributed by atoms with E-state index in [1.54, 1.807) is 17.0 Å². The van der Waals surface area contributed by atoms with Gasteiger partial charge in [0, 0.05) is 38.4 Å². The molecule has 1 N–H and O–H groups in total. The van der Waals surface area contributed by atoms with Gasteiger partial charge >= 0.3 is 6.18 Å². The van der Waals surface area contributed by atoms with Crippen molar-refractivity contribution in [3.8, 4) is 6.07 Å². The molecule has 198 valence electrons. The number of piperazine rings is 1. The average molecular weight is 520 g/mol. The van der Waals surface area contributed by atoms with Gasteiger partial charge in [-0.2, -0.15) is 23.5 Å². The van der Waals surface area contributed by atoms with Gasteiger partial charge in [0.1, 0.15) is 17.5 Å². The smallest absolute Gasteiger partial charge is 0.379 e. The van der Waals surface area contributed by atoms with Gasteiger partial charge in [0.25, 0.3) is 5.56 Å². The summed E-state index contributed by atoms with van der Waals surface area (Å²) in [7, 11) is 0. The van der Waals surface area contributed by atoms with Crippen LogP contribution in [0.25, 0.3) is 0 Å². The van der Waals surface area contributed by atoms with Crippen LogP contribution in [-0.4, -0.2) is 77.5 Å². The van der Waals surface area contributed by atoms with Crippen LogP contribution in [0.15, 0.2) is 29.3 Å². The summed E-state index contributed by atoms with van der Waals surface area (Å²) in [4.78, 5) is 34.3. The number of ether oxygens (including phenoxy) is 1. The molecule has 2 fully saturated rings. The number of pyridine rings is 1. The Labute approximate surface area is 211 Å². The van der Waals surface area contributed by atoms with Crippen LogP contribution in [0.3, 0.4) is 0 Å². The van der Waals surface area contributed by atoms with Gasteiger partial charge in [-0.3, -0.25) is 9.59 Å². The Bertz CT molecular complexity index is 1200. The van der Waals surface area contributed by atoms with E-state index in [0.29, 0.717) is 44.6 Å². The Balaban J connectivity index is 1.27. The lowest BCUT2D eigenvalue weighted by atomic mass is 10.1. The number of aromatic nitrogens is 3. The van der Waals surface area contributed by atoms with Gasteiger partial charge in [-0.25, -0.2) is 10.1 Å². The first-order valence-corrected chi connectivity index (χ1v) is 12.1. The van der Waals surface area contributed by atoms with Crippen molar-refractivity contribution in [3.05, 3.63) is 46.0 Å². The second-order valence-electron chi connectivity index (χ2n) is 9.17. The van der Waals surface area contributed by atoms with Crippen molar-refractivity contribution in [3.63, 3.8) is 0 Å². The molecule has 0 radical (unpaired) electrons. The molecule has 10 nitrogen and oxygen atoms in total. The third kappa shape index (κ3) is 6.02. The molecule has 1 amide bonds. The van der Waals surface area contributed by atoms with E-state index in [0.717, 1.165) is 12.0 Å². The molecule has 0 aromatic carbocycles. The fourth-order valence-electron chi connectivity index (χ4n) is 4.90. The second-order valence-corrected chi connectivity index (χ2v) is 9.17. The summed E-state index contributed by atoms with van der Waals surface area (Å²) in [6, 6.07) is 5.15. The van der Waals surface area contributed by atoms with Crippen LogP contribution >= 0.6 is 0 Å². The van der Waals surface area contributed by atoms with Crippen molar-refractivity contribution in [1.29, 1.82) is 5.26 Å². The number of aromatic amines is 1. The van der Waals surface area contributed by atoms with Gasteiger partial charge in [-0.05, 0) is 31.9 Å². The molecular formula is C24H28F3N7O3. The summed E-state index contributed by atoms with van der Waals surface area (Å²) >= 11 is 0. The van der Waals surface area contributed by atoms with Crippen LogP contribution in [0.4, 0.5) is 24.7 Å². The van der Waals surface area contributed by atoms with Gasteiger partial charge in [-0.15, -0.1) is 0 Å². The third-order valence-electron chi connectivity index (χ3n) is 6.73. The molecule has 2 aliphatic rings. The third-order valence-corrected chi connectivity index (χ3v) is 6.73. The molecule has 4 rings (SSSR count). The maximum Gasteiger partial charge on any atom is 0.423 e. The minimum absolute atomic E-state index is 0.0477. The number of nitrogens with one attached hydrogen (secondary N) is 1. The van der Waals surface area contributed by atoms with E-state index in [1.807, 2.05) is 18.1 Å². The van der Waals surface area contributed by atoms with Crippen LogP contribution < -0.4 is 15.4 Å². The first kappa shape index (κ1) is 26.4. The number of rotatable bonds is 7. The number of H-pyrrole nitrogens is 1. The first-order chi connectivity index (χ1) is 17.7. The maximum atomic E-state index is 13.5. The lowest BCUT2D eigenvalue weighted by Gasteiger charge is -2.40. The van der Waals surface area contributed by atoms with Crippen LogP contribution in [0.2, 0.25) is 0 Å². The monoisotopic (exact) mass is 519 g/mol. The Kier molecular flexibility index (Phi) is 7.97. The number of carbonyl (C=O) groups is 1. The fourth-order valence-corrected chi connectivity index (χ4v) is 4.90. The van der Waals surface area contributed by atoms with Gasteiger partial charge in [0.05, 0.1) is 43.1 Å². The Morgan fingerprint density at radius 2 is 2.08 bits per heavy atom. The van der Waals surface area contributed by atoms with E-state index < -0.39 is 17.3 Å². The number of hydrogen-bond acceptors (Lipinski definition) is 8. The van der Waals surface area contributed by atoms with E-state index in [-0.39, 0.29) is 43.3 Å². The molecular weight excluding hydrogens is 491 g/mol. The highest BCUT2D eigenvalue weighted by Gasteiger charge is 2.40. The zero-order valence-electron chi connectivity index (χ0n) is 20.4. The fraction of sp³-hybridized carbons (Fsp3) is 0.542. The van der Waals surface area contributed by atoms with Crippen molar-refractivity contribution >= 4 is 17.4 Å². The van der Waals surface area contributed by atoms with Crippen molar-refractivity contribution in [1.82, 2.24) is 20.1 Å². The second kappa shape index (κ2) is 11.2. The van der Waals surface area contributed by atoms with Crippen LogP contribution in [-0.2, 0) is 15.7 Å². The minimum atomic E-state index is -4.80. The molecule has 2 atom stereocenters. The SMILES string of the molecule is CC1CN(c2ccc(C#N)cn2)CCN1C(=O)CCOC[C@@H]1CCCN1c1cn[nH]c(=O)c1C(F)(F)F. The summed E-state index contributed by atoms with van der Waals surface area (Å²) in [5, 5.41) is 14.3. The van der Waals surface area contributed by atoms with E-state index >= 15 is 0 Å². The Morgan fingerprint density at radius 1 is 1.27 bits per heavy atom. The molecule has 2 aromatic rings. The topological polar surface area (TPSA) is 118 Å². The molecule has 37 heavy (non-hydrogen) atoms. The van der Waals surface area contributed by atoms with E-state index in [1.165, 1.54) is 11.1 Å². The number of carbonyl (C=O) groups excluding carboxylic acids is 1. The summed E-state index contributed by atoms with van der Waals surface area (Å²) < 4.78 is 46.1. The summed E-state index contributed by atoms with van der Waals surface area (Å²) in [6.45, 7) is 4.34. The molecule has 2 saturated heterocycles. The number of nitrogens with zero attached hydrogens (tertiary/aromatic N) is 6. The van der Waals surface area contributed by atoms with Crippen molar-refractivity contribution in [2.24, 2.45) is 0 Å². The number of amides is 1. The standard InChI is InChI=1S/C24H28F3N7O3/c1-16-14-32(20-5-4-17(11-28)12-29-20)8-9-33(16)21(35)6-10-37-15-18-3-2-7-34(18)19-13-30-31-23(36)22(19)24(25,26)27/h4-5,12-13,16,18H,2-3,6-10,14-15H2,1H3,(H,31,36)/t16?,18-/m0/s1. The van der Waals surface area contributed by atoms with Crippen LogP contribution in [0.5, 0.6) is 0 Å². The molecule has 2 aromatic heterocycles. The van der Waals surface area contributed by atoms with E-state index in [9.17, 15) is 22.8 Å².